The second kappa shape index (κ2) is 2.84. The molecule has 0 radical (unpaired) electrons. The van der Waals surface area contributed by atoms with Crippen molar-refractivity contribution in [3.63, 3.8) is 0 Å². The van der Waals surface area contributed by atoms with E-state index in [-0.39, 0.29) is 28.7 Å². The van der Waals surface area contributed by atoms with Gasteiger partial charge < -0.3 is 9.11 Å². The molecule has 0 unspecified atom stereocenters. The fourth-order valence-corrected chi connectivity index (χ4v) is 0. The Kier molecular flexibility index (Phi) is 4.68. The summed E-state index contributed by atoms with van der Waals surface area (Å²) in [5.74, 6) is 0. The largest absolute Gasteiger partial charge is 3.00 e. The summed E-state index contributed by atoms with van der Waals surface area (Å²) in [6.45, 7) is 0. The molecule has 0 N–H and O–H groups in total. The number of hydrogen-bond donors (Lipinski definition) is 0. The van der Waals surface area contributed by atoms with Gasteiger partial charge in [-0.15, -0.1) is 0 Å². The first kappa shape index (κ1) is 9.88. The second-order valence-corrected chi connectivity index (χ2v) is 1.22. The first-order chi connectivity index (χ1) is 2.00. The molecule has 0 fully saturated rings. The monoisotopic (exact) mass is 213 g/mol. The van der Waals surface area contributed by atoms with Gasteiger partial charge in [0.2, 0.25) is 0 Å². The molecular formula is H2InO4S+3. The van der Waals surface area contributed by atoms with Crippen LogP contribution in [0.5, 0.6) is 0 Å². The minimum atomic E-state index is -5.17. The van der Waals surface area contributed by atoms with Gasteiger partial charge in [0.15, 0.2) is 0 Å². The Balaban J connectivity index is -0.0000000267. The number of rotatable bonds is 0. The van der Waals surface area contributed by atoms with E-state index < -0.39 is 10.4 Å². The molecule has 0 aromatic heterocycles. The van der Waals surface area contributed by atoms with E-state index in [1.807, 2.05) is 0 Å². The van der Waals surface area contributed by atoms with Crippen molar-refractivity contribution < 1.29 is 20.4 Å². The molecule has 0 spiro atoms. The summed E-state index contributed by atoms with van der Waals surface area (Å²) in [4.78, 5) is 0. The van der Waals surface area contributed by atoms with Crippen LogP contribution in [0.2, 0.25) is 0 Å². The maximum Gasteiger partial charge on any atom is 3.00 e. The van der Waals surface area contributed by atoms with E-state index in [2.05, 4.69) is 0 Å². The zero-order valence-corrected chi connectivity index (χ0v) is 6.73. The average Bonchev–Trinajstić information content (AvgIpc) is 0.722. The Bertz CT molecular complexity index is 97.2. The van der Waals surface area contributed by atoms with Crippen LogP contribution in [0, 0.1) is 0 Å². The quantitative estimate of drug-likeness (QED) is 0.362. The molecule has 0 aromatic carbocycles. The van der Waals surface area contributed by atoms with Crippen molar-refractivity contribution in [2.24, 2.45) is 0 Å². The average molecular weight is 213 g/mol. The molecule has 0 aromatic rings. The first-order valence-corrected chi connectivity index (χ1v) is 2.00. The van der Waals surface area contributed by atoms with Crippen molar-refractivity contribution >= 4 is 36.2 Å². The van der Waals surface area contributed by atoms with E-state index >= 15 is 0 Å². The van der Waals surface area contributed by atoms with Crippen molar-refractivity contribution in [3.05, 3.63) is 0 Å². The molecule has 4 nitrogen and oxygen atoms in total. The molecule has 0 aliphatic rings. The SMILES string of the molecule is O=S(=O)([O-])[O-].[H+].[H+].[In+3]. The predicted octanol–water partition coefficient (Wildman–Crippen LogP) is -1.49. The normalized spacial score (nSPS) is 9.67. The Morgan fingerprint density at radius 1 is 1.33 bits per heavy atom. The topological polar surface area (TPSA) is 80.3 Å². The third-order valence-corrected chi connectivity index (χ3v) is 0. The zero-order chi connectivity index (χ0) is 4.50. The smallest absolute Gasteiger partial charge is 0.759 e. The molecule has 0 bridgehead atoms. The van der Waals surface area contributed by atoms with E-state index in [1.165, 1.54) is 0 Å². The fraction of sp³-hybridized carbons (Fsp3) is 0. The first-order valence-electron chi connectivity index (χ1n) is 0.667. The summed E-state index contributed by atoms with van der Waals surface area (Å²) in [5, 5.41) is 0. The third kappa shape index (κ3) is 121. The molecule has 0 heterocycles. The van der Waals surface area contributed by atoms with Crippen LogP contribution < -0.4 is 0 Å². The van der Waals surface area contributed by atoms with Crippen molar-refractivity contribution in [2.75, 3.05) is 0 Å². The second-order valence-electron chi connectivity index (χ2n) is 0.408. The van der Waals surface area contributed by atoms with Gasteiger partial charge >= 0.3 is 28.7 Å². The van der Waals surface area contributed by atoms with E-state index in [9.17, 15) is 0 Å². The summed E-state index contributed by atoms with van der Waals surface area (Å²) in [7, 11) is -5.17. The summed E-state index contributed by atoms with van der Waals surface area (Å²) in [5.41, 5.74) is 0. The van der Waals surface area contributed by atoms with E-state index in [0.29, 0.717) is 0 Å². The Labute approximate surface area is 56.9 Å². The fourth-order valence-electron chi connectivity index (χ4n) is 0. The molecule has 0 amide bonds. The van der Waals surface area contributed by atoms with Crippen LogP contribution >= 0.6 is 0 Å². The summed E-state index contributed by atoms with van der Waals surface area (Å²) < 4.78 is 34.1. The van der Waals surface area contributed by atoms with Gasteiger partial charge in [-0.2, -0.15) is 0 Å². The molecule has 0 rings (SSSR count). The molecule has 0 aliphatic carbocycles. The van der Waals surface area contributed by atoms with Gasteiger partial charge in [-0.05, 0) is 0 Å². The predicted molar refractivity (Wildman–Crippen MR) is 18.5 cm³/mol. The Hall–Kier alpha value is 0.740. The molecule has 6 heavy (non-hydrogen) atoms. The summed E-state index contributed by atoms with van der Waals surface area (Å²) >= 11 is 0. The molecule has 0 atom stereocenters. The molecule has 0 saturated heterocycles. The maximum atomic E-state index is 8.52. The van der Waals surface area contributed by atoms with Gasteiger partial charge in [0.05, 0.1) is 0 Å². The van der Waals surface area contributed by atoms with E-state index in [4.69, 9.17) is 17.5 Å². The maximum absolute atomic E-state index is 8.52. The molecule has 6 heteroatoms. The van der Waals surface area contributed by atoms with Gasteiger partial charge in [-0.1, -0.05) is 0 Å². The van der Waals surface area contributed by atoms with Crippen LogP contribution in [-0.2, 0) is 10.4 Å². The van der Waals surface area contributed by atoms with Crippen molar-refractivity contribution in [3.8, 4) is 0 Å². The van der Waals surface area contributed by atoms with Crippen LogP contribution in [-0.4, -0.2) is 43.4 Å². The third-order valence-electron chi connectivity index (χ3n) is 0. The van der Waals surface area contributed by atoms with Gasteiger partial charge in [0.25, 0.3) is 0 Å². The van der Waals surface area contributed by atoms with Crippen molar-refractivity contribution in [1.82, 2.24) is 0 Å². The number of hydrogen-bond acceptors (Lipinski definition) is 4. The molecular weight excluding hydrogens is 211 g/mol. The van der Waals surface area contributed by atoms with Gasteiger partial charge in [-0.25, -0.2) is 0 Å². The standard InChI is InChI=1S/In.H2O4S/c;1-5(2,3)4/h;(H2,1,2,3,4)/q+3;. The van der Waals surface area contributed by atoms with E-state index in [0.717, 1.165) is 0 Å². The minimum Gasteiger partial charge on any atom is -0.759 e. The van der Waals surface area contributed by atoms with Crippen molar-refractivity contribution in [1.29, 1.82) is 0 Å². The van der Waals surface area contributed by atoms with Crippen LogP contribution in [0.15, 0.2) is 0 Å². The van der Waals surface area contributed by atoms with Crippen LogP contribution in [0.3, 0.4) is 0 Å². The Morgan fingerprint density at radius 3 is 1.33 bits per heavy atom. The Morgan fingerprint density at radius 2 is 1.33 bits per heavy atom. The summed E-state index contributed by atoms with van der Waals surface area (Å²) in [6.07, 6.45) is 0. The van der Waals surface area contributed by atoms with Crippen LogP contribution in [0.4, 0.5) is 0 Å². The van der Waals surface area contributed by atoms with Gasteiger partial charge in [0, 0.05) is 10.4 Å². The van der Waals surface area contributed by atoms with Crippen LogP contribution in [0.25, 0.3) is 0 Å². The molecule has 0 saturated carbocycles. The zero-order valence-electron chi connectivity index (χ0n) is 4.62. The van der Waals surface area contributed by atoms with Gasteiger partial charge in [-0.3, -0.25) is 8.42 Å². The van der Waals surface area contributed by atoms with E-state index in [1.54, 1.807) is 0 Å². The van der Waals surface area contributed by atoms with Crippen molar-refractivity contribution in [2.45, 2.75) is 0 Å². The molecule has 0 aliphatic heterocycles. The molecule has 32 valence electrons. The minimum absolute atomic E-state index is 0. The summed E-state index contributed by atoms with van der Waals surface area (Å²) in [6, 6.07) is 0. The van der Waals surface area contributed by atoms with Crippen LogP contribution in [0.1, 0.15) is 2.85 Å². The van der Waals surface area contributed by atoms with Gasteiger partial charge in [0.1, 0.15) is 0 Å².